The number of Topliss-reactive ketones (excluding diaryl/α,β-unsaturated/α-hetero) is 1. The third-order valence-corrected chi connectivity index (χ3v) is 3.90. The summed E-state index contributed by atoms with van der Waals surface area (Å²) in [5.41, 5.74) is 0.876. The maximum atomic E-state index is 12.3. The van der Waals surface area contributed by atoms with Gasteiger partial charge in [-0.15, -0.1) is 0 Å². The van der Waals surface area contributed by atoms with Crippen LogP contribution in [-0.2, 0) is 14.3 Å². The van der Waals surface area contributed by atoms with E-state index in [4.69, 9.17) is 16.3 Å². The average Bonchev–Trinajstić information content (AvgIpc) is 2.77. The molecule has 6 heteroatoms. The minimum absolute atomic E-state index is 0.144. The molecule has 1 aromatic carbocycles. The Hall–Kier alpha value is -1.85. The Kier molecular flexibility index (Phi) is 5.21. The van der Waals surface area contributed by atoms with Gasteiger partial charge >= 0.3 is 0 Å². The number of carbonyl (C=O) groups excluding carboxylic acids is 2. The first-order chi connectivity index (χ1) is 10.5. The van der Waals surface area contributed by atoms with Crippen LogP contribution in [0.2, 0.25) is 5.02 Å². The smallest absolute Gasteiger partial charge is 0.290 e. The van der Waals surface area contributed by atoms with Crippen molar-refractivity contribution in [3.8, 4) is 0 Å². The molecule has 0 spiro atoms. The summed E-state index contributed by atoms with van der Waals surface area (Å²) in [6, 6.07) is 6.29. The van der Waals surface area contributed by atoms with Gasteiger partial charge in [0.2, 0.25) is 0 Å². The number of ketones is 1. The Morgan fingerprint density at radius 1 is 1.36 bits per heavy atom. The number of hydrogen-bond donors (Lipinski definition) is 1. The molecule has 2 rings (SSSR count). The fourth-order valence-electron chi connectivity index (χ4n) is 2.54. The van der Waals surface area contributed by atoms with Crippen LogP contribution < -0.4 is 0 Å². The second-order valence-corrected chi connectivity index (χ2v) is 5.42. The van der Waals surface area contributed by atoms with Gasteiger partial charge in [0.1, 0.15) is 0 Å². The molecule has 0 bridgehead atoms. The van der Waals surface area contributed by atoms with Crippen molar-refractivity contribution in [2.24, 2.45) is 0 Å². The minimum atomic E-state index is -0.604. The normalized spacial score (nSPS) is 18.2. The zero-order chi connectivity index (χ0) is 16.3. The number of methoxy groups -OCH3 is 1. The predicted octanol–water partition coefficient (Wildman–Crippen LogP) is 2.66. The standard InChI is InChI=1S/C16H18ClNO4/c1-3-12(19)13-14(10-4-6-11(17)7-5-10)18(8-9-22-2)16(21)15(13)20/h4-7,14,20H,3,8-9H2,1-2H3. The summed E-state index contributed by atoms with van der Waals surface area (Å²) < 4.78 is 5.01. The quantitative estimate of drug-likeness (QED) is 0.874. The summed E-state index contributed by atoms with van der Waals surface area (Å²) in [4.78, 5) is 25.9. The lowest BCUT2D eigenvalue weighted by molar-refractivity contribution is -0.130. The van der Waals surface area contributed by atoms with Gasteiger partial charge in [-0.05, 0) is 17.7 Å². The minimum Gasteiger partial charge on any atom is -0.503 e. The van der Waals surface area contributed by atoms with E-state index in [9.17, 15) is 14.7 Å². The summed E-state index contributed by atoms with van der Waals surface area (Å²) in [6.07, 6.45) is 0.217. The van der Waals surface area contributed by atoms with Crippen LogP contribution in [0.3, 0.4) is 0 Å². The van der Waals surface area contributed by atoms with Crippen LogP contribution in [0.4, 0.5) is 0 Å². The molecular formula is C16H18ClNO4. The highest BCUT2D eigenvalue weighted by Crippen LogP contribution is 2.38. The molecule has 1 aliphatic heterocycles. The van der Waals surface area contributed by atoms with Crippen molar-refractivity contribution in [3.05, 3.63) is 46.2 Å². The van der Waals surface area contributed by atoms with Crippen LogP contribution in [-0.4, -0.2) is 42.0 Å². The summed E-state index contributed by atoms with van der Waals surface area (Å²) in [7, 11) is 1.53. The number of carbonyl (C=O) groups is 2. The summed E-state index contributed by atoms with van der Waals surface area (Å²) >= 11 is 5.89. The molecule has 1 aliphatic rings. The predicted molar refractivity (Wildman–Crippen MR) is 82.7 cm³/mol. The van der Waals surface area contributed by atoms with Gasteiger partial charge in [-0.3, -0.25) is 9.59 Å². The molecule has 118 valence electrons. The lowest BCUT2D eigenvalue weighted by Gasteiger charge is -2.26. The van der Waals surface area contributed by atoms with Crippen molar-refractivity contribution >= 4 is 23.3 Å². The van der Waals surface area contributed by atoms with E-state index < -0.39 is 17.7 Å². The zero-order valence-electron chi connectivity index (χ0n) is 12.5. The maximum Gasteiger partial charge on any atom is 0.290 e. The molecule has 0 radical (unpaired) electrons. The molecule has 1 aromatic rings. The molecule has 1 amide bonds. The highest BCUT2D eigenvalue weighted by atomic mass is 35.5. The third kappa shape index (κ3) is 3.00. The molecule has 1 unspecified atom stereocenters. The summed E-state index contributed by atoms with van der Waals surface area (Å²) in [5.74, 6) is -1.26. The van der Waals surface area contributed by atoms with Gasteiger partial charge in [-0.2, -0.15) is 0 Å². The summed E-state index contributed by atoms with van der Waals surface area (Å²) in [6.45, 7) is 2.30. The van der Waals surface area contributed by atoms with Gasteiger partial charge in [0.15, 0.2) is 11.5 Å². The van der Waals surface area contributed by atoms with Crippen molar-refractivity contribution in [2.75, 3.05) is 20.3 Å². The van der Waals surface area contributed by atoms with E-state index in [1.807, 2.05) is 0 Å². The average molecular weight is 324 g/mol. The number of rotatable bonds is 6. The van der Waals surface area contributed by atoms with Crippen LogP contribution in [0.15, 0.2) is 35.6 Å². The fraction of sp³-hybridized carbons (Fsp3) is 0.375. The molecule has 0 aliphatic carbocycles. The van der Waals surface area contributed by atoms with Crippen LogP contribution in [0, 0.1) is 0 Å². The Morgan fingerprint density at radius 2 is 2.00 bits per heavy atom. The molecule has 1 atom stereocenters. The Balaban J connectivity index is 2.47. The van der Waals surface area contributed by atoms with Crippen molar-refractivity contribution in [3.63, 3.8) is 0 Å². The molecule has 22 heavy (non-hydrogen) atoms. The highest BCUT2D eigenvalue weighted by molar-refractivity contribution is 6.30. The molecule has 1 heterocycles. The number of aliphatic hydroxyl groups excluding tert-OH is 1. The van der Waals surface area contributed by atoms with E-state index >= 15 is 0 Å². The lowest BCUT2D eigenvalue weighted by Crippen LogP contribution is -2.33. The Morgan fingerprint density at radius 3 is 2.55 bits per heavy atom. The number of benzene rings is 1. The van der Waals surface area contributed by atoms with Gasteiger partial charge < -0.3 is 14.7 Å². The van der Waals surface area contributed by atoms with Crippen molar-refractivity contribution in [1.29, 1.82) is 0 Å². The van der Waals surface area contributed by atoms with Gasteiger partial charge in [-0.25, -0.2) is 0 Å². The van der Waals surface area contributed by atoms with E-state index in [0.29, 0.717) is 11.6 Å². The van der Waals surface area contributed by atoms with E-state index in [0.717, 1.165) is 5.56 Å². The largest absolute Gasteiger partial charge is 0.503 e. The number of hydrogen-bond acceptors (Lipinski definition) is 4. The second kappa shape index (κ2) is 6.94. The van der Waals surface area contributed by atoms with E-state index in [2.05, 4.69) is 0 Å². The number of ether oxygens (including phenoxy) is 1. The van der Waals surface area contributed by atoms with Gasteiger partial charge in [0.25, 0.3) is 5.91 Å². The Labute approximate surface area is 134 Å². The molecule has 1 N–H and O–H groups in total. The van der Waals surface area contributed by atoms with Crippen LogP contribution in [0.1, 0.15) is 24.9 Å². The van der Waals surface area contributed by atoms with Crippen molar-refractivity contribution in [1.82, 2.24) is 4.90 Å². The molecule has 0 saturated heterocycles. The van der Waals surface area contributed by atoms with Crippen LogP contribution in [0.25, 0.3) is 0 Å². The summed E-state index contributed by atoms with van der Waals surface area (Å²) in [5, 5.41) is 10.7. The number of halogens is 1. The van der Waals surface area contributed by atoms with E-state index in [1.165, 1.54) is 12.0 Å². The number of aliphatic hydroxyl groups is 1. The topological polar surface area (TPSA) is 66.8 Å². The second-order valence-electron chi connectivity index (χ2n) is 4.98. The molecule has 5 nitrogen and oxygen atoms in total. The van der Waals surface area contributed by atoms with Gasteiger partial charge in [0, 0.05) is 25.1 Å². The Bertz CT molecular complexity index is 609. The first-order valence-electron chi connectivity index (χ1n) is 7.03. The van der Waals surface area contributed by atoms with E-state index in [-0.39, 0.29) is 24.3 Å². The highest BCUT2D eigenvalue weighted by Gasteiger charge is 2.42. The van der Waals surface area contributed by atoms with Crippen LogP contribution in [0.5, 0.6) is 0 Å². The van der Waals surface area contributed by atoms with Crippen molar-refractivity contribution in [2.45, 2.75) is 19.4 Å². The number of amides is 1. The zero-order valence-corrected chi connectivity index (χ0v) is 13.3. The van der Waals surface area contributed by atoms with Gasteiger partial charge in [-0.1, -0.05) is 30.7 Å². The molecule has 0 fully saturated rings. The SMILES string of the molecule is CCC(=O)C1=C(O)C(=O)N(CCOC)C1c1ccc(Cl)cc1. The third-order valence-electron chi connectivity index (χ3n) is 3.65. The lowest BCUT2D eigenvalue weighted by atomic mass is 9.95. The van der Waals surface area contributed by atoms with Crippen LogP contribution >= 0.6 is 11.6 Å². The molecule has 0 saturated carbocycles. The molecule has 0 aromatic heterocycles. The van der Waals surface area contributed by atoms with Crippen molar-refractivity contribution < 1.29 is 19.4 Å². The first-order valence-corrected chi connectivity index (χ1v) is 7.40. The first kappa shape index (κ1) is 16.5. The maximum absolute atomic E-state index is 12.3. The van der Waals surface area contributed by atoms with E-state index in [1.54, 1.807) is 31.2 Å². The molecular weight excluding hydrogens is 306 g/mol. The number of nitrogens with zero attached hydrogens (tertiary/aromatic N) is 1. The fourth-order valence-corrected chi connectivity index (χ4v) is 2.67. The van der Waals surface area contributed by atoms with Gasteiger partial charge in [0.05, 0.1) is 18.2 Å². The monoisotopic (exact) mass is 323 g/mol.